The highest BCUT2D eigenvalue weighted by Gasteiger charge is 2.05. The number of hydrogen-bond acceptors (Lipinski definition) is 3. The lowest BCUT2D eigenvalue weighted by Gasteiger charge is -2.04. The van der Waals surface area contributed by atoms with E-state index in [1.807, 2.05) is 23.7 Å². The maximum Gasteiger partial charge on any atom is 0.112 e. The molecule has 3 aromatic rings. The molecule has 2 aromatic heterocycles. The number of fused-ring (bicyclic) bond motifs is 1. The van der Waals surface area contributed by atoms with Crippen molar-refractivity contribution in [1.82, 2.24) is 9.55 Å². The third-order valence-corrected chi connectivity index (χ3v) is 3.84. The van der Waals surface area contributed by atoms with Gasteiger partial charge in [-0.25, -0.2) is 4.98 Å². The zero-order valence-electron chi connectivity index (χ0n) is 9.54. The van der Waals surface area contributed by atoms with Crippen LogP contribution >= 0.6 is 23.6 Å². The zero-order chi connectivity index (χ0) is 12.5. The zero-order valence-corrected chi connectivity index (χ0v) is 11.2. The van der Waals surface area contributed by atoms with Crippen LogP contribution in [-0.2, 0) is 6.54 Å². The minimum atomic E-state index is 0.435. The van der Waals surface area contributed by atoms with E-state index >= 15 is 0 Å². The molecule has 0 fully saturated rings. The number of benzene rings is 1. The summed E-state index contributed by atoms with van der Waals surface area (Å²) in [6.07, 6.45) is 3.89. The van der Waals surface area contributed by atoms with Gasteiger partial charge in [0.2, 0.25) is 0 Å². The van der Waals surface area contributed by atoms with E-state index in [0.29, 0.717) is 4.99 Å². The molecule has 0 spiro atoms. The molecule has 0 atom stereocenters. The first-order chi connectivity index (χ1) is 8.74. The van der Waals surface area contributed by atoms with E-state index in [0.717, 1.165) is 22.5 Å². The Morgan fingerprint density at radius 1 is 1.39 bits per heavy atom. The number of hydrogen-bond donors (Lipinski definition) is 1. The first kappa shape index (κ1) is 11.4. The van der Waals surface area contributed by atoms with Crippen molar-refractivity contribution in [2.75, 3.05) is 0 Å². The monoisotopic (exact) mass is 273 g/mol. The topological polar surface area (TPSA) is 43.8 Å². The molecule has 0 unspecified atom stereocenters. The van der Waals surface area contributed by atoms with Gasteiger partial charge in [-0.2, -0.15) is 0 Å². The summed E-state index contributed by atoms with van der Waals surface area (Å²) in [7, 11) is 0. The van der Waals surface area contributed by atoms with Gasteiger partial charge in [0.05, 0.1) is 6.54 Å². The van der Waals surface area contributed by atoms with E-state index in [1.165, 1.54) is 5.52 Å². The lowest BCUT2D eigenvalue weighted by atomic mass is 10.1. The fourth-order valence-corrected chi connectivity index (χ4v) is 2.71. The second kappa shape index (κ2) is 4.51. The van der Waals surface area contributed by atoms with E-state index in [-0.39, 0.29) is 0 Å². The van der Waals surface area contributed by atoms with E-state index in [2.05, 4.69) is 27.9 Å². The number of nitrogens with two attached hydrogens (primary N) is 1. The maximum absolute atomic E-state index is 5.64. The Morgan fingerprint density at radius 2 is 2.28 bits per heavy atom. The van der Waals surface area contributed by atoms with E-state index in [4.69, 9.17) is 18.0 Å². The molecule has 5 heteroatoms. The molecule has 2 heterocycles. The number of aromatic nitrogens is 2. The fourth-order valence-electron chi connectivity index (χ4n) is 1.97. The van der Waals surface area contributed by atoms with Crippen molar-refractivity contribution in [3.8, 4) is 0 Å². The average Bonchev–Trinajstić information content (AvgIpc) is 2.99. The van der Waals surface area contributed by atoms with Gasteiger partial charge in [-0.05, 0) is 24.3 Å². The molecule has 90 valence electrons. The van der Waals surface area contributed by atoms with Gasteiger partial charge in [-0.3, -0.25) is 0 Å². The number of thiazole rings is 1. The lowest BCUT2D eigenvalue weighted by molar-refractivity contribution is 0.828. The highest BCUT2D eigenvalue weighted by atomic mass is 32.1. The van der Waals surface area contributed by atoms with E-state index in [9.17, 15) is 0 Å². The van der Waals surface area contributed by atoms with Crippen molar-refractivity contribution >= 4 is 39.4 Å². The summed E-state index contributed by atoms with van der Waals surface area (Å²) in [5.41, 5.74) is 7.72. The van der Waals surface area contributed by atoms with Crippen molar-refractivity contribution in [3.05, 3.63) is 52.6 Å². The smallest absolute Gasteiger partial charge is 0.112 e. The average molecular weight is 273 g/mol. The quantitative estimate of drug-likeness (QED) is 0.746. The Labute approximate surface area is 114 Å². The van der Waals surface area contributed by atoms with Gasteiger partial charge in [0.25, 0.3) is 0 Å². The molecule has 0 aliphatic rings. The Balaban J connectivity index is 2.02. The largest absolute Gasteiger partial charge is 0.389 e. The number of rotatable bonds is 3. The summed E-state index contributed by atoms with van der Waals surface area (Å²) in [4.78, 5) is 4.74. The number of thiocarbonyl (C=S) groups is 1. The van der Waals surface area contributed by atoms with Crippen LogP contribution in [0.4, 0.5) is 0 Å². The predicted octanol–water partition coefficient (Wildman–Crippen LogP) is 2.78. The van der Waals surface area contributed by atoms with Crippen molar-refractivity contribution in [2.45, 2.75) is 6.54 Å². The molecule has 0 aliphatic heterocycles. The van der Waals surface area contributed by atoms with Crippen LogP contribution in [0.25, 0.3) is 10.9 Å². The van der Waals surface area contributed by atoms with Gasteiger partial charge in [0.1, 0.15) is 10.00 Å². The second-order valence-corrected chi connectivity index (χ2v) is 5.43. The molecular weight excluding hydrogens is 262 g/mol. The van der Waals surface area contributed by atoms with Gasteiger partial charge in [-0.15, -0.1) is 11.3 Å². The molecule has 0 radical (unpaired) electrons. The molecule has 3 nitrogen and oxygen atoms in total. The van der Waals surface area contributed by atoms with E-state index < -0.39 is 0 Å². The van der Waals surface area contributed by atoms with Crippen LogP contribution in [0.1, 0.15) is 10.6 Å². The summed E-state index contributed by atoms with van der Waals surface area (Å²) in [5, 5.41) is 4.24. The van der Waals surface area contributed by atoms with Crippen LogP contribution in [0, 0.1) is 0 Å². The minimum Gasteiger partial charge on any atom is -0.389 e. The Kier molecular flexibility index (Phi) is 2.85. The minimum absolute atomic E-state index is 0.435. The molecule has 18 heavy (non-hydrogen) atoms. The van der Waals surface area contributed by atoms with Crippen molar-refractivity contribution < 1.29 is 0 Å². The summed E-state index contributed by atoms with van der Waals surface area (Å²) in [6.45, 7) is 0.799. The van der Waals surface area contributed by atoms with Crippen LogP contribution < -0.4 is 5.73 Å². The van der Waals surface area contributed by atoms with Gasteiger partial charge in [0.15, 0.2) is 0 Å². The van der Waals surface area contributed by atoms with Crippen LogP contribution in [0.5, 0.6) is 0 Å². The number of nitrogens with zero attached hydrogens (tertiary/aromatic N) is 2. The van der Waals surface area contributed by atoms with Crippen molar-refractivity contribution in [3.63, 3.8) is 0 Å². The maximum atomic E-state index is 5.64. The molecule has 0 saturated heterocycles. The highest BCUT2D eigenvalue weighted by Crippen LogP contribution is 2.19. The molecular formula is C13H11N3S2. The van der Waals surface area contributed by atoms with Crippen molar-refractivity contribution in [1.29, 1.82) is 0 Å². The molecule has 0 amide bonds. The molecule has 0 bridgehead atoms. The first-order valence-corrected chi connectivity index (χ1v) is 6.80. The summed E-state index contributed by atoms with van der Waals surface area (Å²) in [6, 6.07) is 8.11. The van der Waals surface area contributed by atoms with Gasteiger partial charge >= 0.3 is 0 Å². The van der Waals surface area contributed by atoms with Crippen LogP contribution in [0.2, 0.25) is 0 Å². The van der Waals surface area contributed by atoms with E-state index in [1.54, 1.807) is 11.3 Å². The molecule has 1 aromatic carbocycles. The lowest BCUT2D eigenvalue weighted by Crippen LogP contribution is -2.08. The van der Waals surface area contributed by atoms with Crippen molar-refractivity contribution in [2.24, 2.45) is 5.73 Å². The fraction of sp³-hybridized carbons (Fsp3) is 0.0769. The highest BCUT2D eigenvalue weighted by molar-refractivity contribution is 7.80. The Morgan fingerprint density at radius 3 is 3.00 bits per heavy atom. The summed E-state index contributed by atoms with van der Waals surface area (Å²) >= 11 is 6.65. The first-order valence-electron chi connectivity index (χ1n) is 5.51. The standard InChI is InChI=1S/C13H11N3S2/c14-13(17)10-1-2-11-9(7-10)3-5-16(11)8-12-15-4-6-18-12/h1-7H,8H2,(H2,14,17). The second-order valence-electron chi connectivity index (χ2n) is 4.01. The van der Waals surface area contributed by atoms with Crippen LogP contribution in [0.15, 0.2) is 42.0 Å². The third-order valence-electron chi connectivity index (χ3n) is 2.84. The van der Waals surface area contributed by atoms with Gasteiger partial charge in [-0.1, -0.05) is 12.2 Å². The summed E-state index contributed by atoms with van der Waals surface area (Å²) < 4.78 is 2.18. The van der Waals surface area contributed by atoms with Crippen LogP contribution in [0.3, 0.4) is 0 Å². The molecule has 0 aliphatic carbocycles. The molecule has 2 N–H and O–H groups in total. The van der Waals surface area contributed by atoms with Crippen LogP contribution in [-0.4, -0.2) is 14.5 Å². The Hall–Kier alpha value is -1.72. The Bertz CT molecular complexity index is 698. The SMILES string of the molecule is NC(=S)c1ccc2c(ccn2Cc2nccs2)c1. The normalized spacial score (nSPS) is 10.9. The molecule has 0 saturated carbocycles. The predicted molar refractivity (Wildman–Crippen MR) is 79.0 cm³/mol. The van der Waals surface area contributed by atoms with Gasteiger partial charge in [0, 0.05) is 34.2 Å². The third kappa shape index (κ3) is 2.02. The molecule has 3 rings (SSSR count). The van der Waals surface area contributed by atoms with Gasteiger partial charge < -0.3 is 10.3 Å². The summed E-state index contributed by atoms with van der Waals surface area (Å²) in [5.74, 6) is 0.